The second kappa shape index (κ2) is 9.50. The number of ether oxygens (including phenoxy) is 1. The molecule has 0 aliphatic carbocycles. The fourth-order valence-corrected chi connectivity index (χ4v) is 2.82. The van der Waals surface area contributed by atoms with Crippen LogP contribution in [0, 0.1) is 0 Å². The van der Waals surface area contributed by atoms with Gasteiger partial charge in [0.2, 0.25) is 0 Å². The molecule has 1 aromatic heterocycles. The van der Waals surface area contributed by atoms with Crippen molar-refractivity contribution in [3.63, 3.8) is 0 Å². The zero-order valence-corrected chi connectivity index (χ0v) is 16.4. The molecule has 0 radical (unpaired) electrons. The van der Waals surface area contributed by atoms with Gasteiger partial charge in [0.1, 0.15) is 11.6 Å². The van der Waals surface area contributed by atoms with Crippen LogP contribution in [0.15, 0.2) is 66.9 Å². The predicted molar refractivity (Wildman–Crippen MR) is 113 cm³/mol. The van der Waals surface area contributed by atoms with Gasteiger partial charge in [-0.2, -0.15) is 0 Å². The zero-order chi connectivity index (χ0) is 20.6. The van der Waals surface area contributed by atoms with Crippen molar-refractivity contribution < 1.29 is 14.3 Å². The van der Waals surface area contributed by atoms with Crippen LogP contribution in [-0.2, 0) is 6.42 Å². The third-order valence-electron chi connectivity index (χ3n) is 4.42. The van der Waals surface area contributed by atoms with Crippen LogP contribution >= 0.6 is 0 Å². The number of nitrogens with zero attached hydrogens (tertiary/aromatic N) is 1. The van der Waals surface area contributed by atoms with Crippen LogP contribution < -0.4 is 15.4 Å². The van der Waals surface area contributed by atoms with Crippen molar-refractivity contribution in [2.45, 2.75) is 13.3 Å². The van der Waals surface area contributed by atoms with Gasteiger partial charge in [-0.05, 0) is 55.3 Å². The maximum Gasteiger partial charge on any atom is 0.251 e. The fraction of sp³-hybridized carbons (Fsp3) is 0.174. The summed E-state index contributed by atoms with van der Waals surface area (Å²) < 4.78 is 5.14. The number of benzene rings is 2. The topological polar surface area (TPSA) is 80.3 Å². The largest absolute Gasteiger partial charge is 0.497 e. The fourth-order valence-electron chi connectivity index (χ4n) is 2.82. The molecular weight excluding hydrogens is 366 g/mol. The van der Waals surface area contributed by atoms with E-state index in [1.54, 1.807) is 43.6 Å². The molecule has 2 N–H and O–H groups in total. The highest BCUT2D eigenvalue weighted by Gasteiger charge is 2.08. The smallest absolute Gasteiger partial charge is 0.251 e. The Kier molecular flexibility index (Phi) is 6.58. The summed E-state index contributed by atoms with van der Waals surface area (Å²) in [5.74, 6) is 1.17. The summed E-state index contributed by atoms with van der Waals surface area (Å²) in [6.45, 7) is 2.05. The van der Waals surface area contributed by atoms with Gasteiger partial charge in [-0.25, -0.2) is 4.98 Å². The second-order valence-corrected chi connectivity index (χ2v) is 6.55. The van der Waals surface area contributed by atoms with Crippen LogP contribution in [0.1, 0.15) is 33.2 Å². The van der Waals surface area contributed by atoms with Gasteiger partial charge in [-0.1, -0.05) is 24.3 Å². The van der Waals surface area contributed by atoms with Crippen molar-refractivity contribution in [2.75, 3.05) is 19.0 Å². The normalized spacial score (nSPS) is 10.3. The average Bonchev–Trinajstić information content (AvgIpc) is 2.74. The molecule has 6 nitrogen and oxygen atoms in total. The number of nitrogens with one attached hydrogen (secondary N) is 2. The lowest BCUT2D eigenvalue weighted by molar-refractivity contribution is 0.0953. The van der Waals surface area contributed by atoms with E-state index >= 15 is 0 Å². The van der Waals surface area contributed by atoms with E-state index in [2.05, 4.69) is 15.6 Å². The summed E-state index contributed by atoms with van der Waals surface area (Å²) in [6.07, 6.45) is 2.30. The van der Waals surface area contributed by atoms with E-state index in [4.69, 9.17) is 4.74 Å². The summed E-state index contributed by atoms with van der Waals surface area (Å²) >= 11 is 0. The molecule has 0 unspecified atom stereocenters. The van der Waals surface area contributed by atoms with Gasteiger partial charge in [0, 0.05) is 29.6 Å². The van der Waals surface area contributed by atoms with Crippen molar-refractivity contribution >= 4 is 23.2 Å². The first-order valence-electron chi connectivity index (χ1n) is 9.30. The average molecular weight is 389 g/mol. The SMILES string of the molecule is COc1ccc(CCNC(=O)c2ccnc(Nc3cccc(C(C)=O)c3)c2)cc1. The van der Waals surface area contributed by atoms with E-state index in [0.717, 1.165) is 23.4 Å². The Labute approximate surface area is 169 Å². The third kappa shape index (κ3) is 5.65. The molecule has 148 valence electrons. The summed E-state index contributed by atoms with van der Waals surface area (Å²) in [4.78, 5) is 28.2. The molecule has 0 aliphatic heterocycles. The minimum absolute atomic E-state index is 0.00778. The van der Waals surface area contributed by atoms with Gasteiger partial charge in [0.05, 0.1) is 7.11 Å². The molecule has 0 saturated carbocycles. The number of carbonyl (C=O) groups is 2. The second-order valence-electron chi connectivity index (χ2n) is 6.55. The minimum atomic E-state index is -0.165. The number of ketones is 1. The number of methoxy groups -OCH3 is 1. The van der Waals surface area contributed by atoms with Crippen LogP contribution in [0.5, 0.6) is 5.75 Å². The Hall–Kier alpha value is -3.67. The minimum Gasteiger partial charge on any atom is -0.497 e. The molecule has 1 amide bonds. The van der Waals surface area contributed by atoms with Crippen LogP contribution in [-0.4, -0.2) is 30.3 Å². The Bertz CT molecular complexity index is 1000. The van der Waals surface area contributed by atoms with Crippen molar-refractivity contribution in [1.29, 1.82) is 0 Å². The number of rotatable bonds is 8. The van der Waals surface area contributed by atoms with E-state index in [-0.39, 0.29) is 11.7 Å². The number of hydrogen-bond acceptors (Lipinski definition) is 5. The molecule has 1 heterocycles. The summed E-state index contributed by atoms with van der Waals surface area (Å²) in [6, 6.07) is 18.3. The lowest BCUT2D eigenvalue weighted by atomic mass is 10.1. The molecule has 3 aromatic rings. The van der Waals surface area contributed by atoms with Crippen molar-refractivity contribution in [3.8, 4) is 5.75 Å². The van der Waals surface area contributed by atoms with Crippen LogP contribution in [0.4, 0.5) is 11.5 Å². The van der Waals surface area contributed by atoms with Gasteiger partial charge < -0.3 is 15.4 Å². The van der Waals surface area contributed by atoms with E-state index in [9.17, 15) is 9.59 Å². The predicted octanol–water partition coefficient (Wildman–Crippen LogP) is 4.01. The number of anilines is 2. The molecule has 6 heteroatoms. The molecule has 3 rings (SSSR count). The molecule has 0 spiro atoms. The Morgan fingerprint density at radius 1 is 1.00 bits per heavy atom. The van der Waals surface area contributed by atoms with Crippen molar-refractivity contribution in [2.24, 2.45) is 0 Å². The summed E-state index contributed by atoms with van der Waals surface area (Å²) in [5, 5.41) is 6.05. The van der Waals surface area contributed by atoms with Crippen LogP contribution in [0.25, 0.3) is 0 Å². The van der Waals surface area contributed by atoms with Crippen molar-refractivity contribution in [1.82, 2.24) is 10.3 Å². The standard InChI is InChI=1S/C23H23N3O3/c1-16(27)18-4-3-5-20(14-18)26-22-15-19(11-13-24-22)23(28)25-12-10-17-6-8-21(29-2)9-7-17/h3-9,11,13-15H,10,12H2,1-2H3,(H,24,26)(H,25,28). The lowest BCUT2D eigenvalue weighted by Gasteiger charge is -2.09. The van der Waals surface area contributed by atoms with E-state index < -0.39 is 0 Å². The van der Waals surface area contributed by atoms with E-state index in [1.807, 2.05) is 30.3 Å². The third-order valence-corrected chi connectivity index (χ3v) is 4.42. The first-order valence-corrected chi connectivity index (χ1v) is 9.30. The number of hydrogen-bond donors (Lipinski definition) is 2. The highest BCUT2D eigenvalue weighted by molar-refractivity contribution is 5.96. The van der Waals surface area contributed by atoms with Crippen LogP contribution in [0.2, 0.25) is 0 Å². The van der Waals surface area contributed by atoms with Gasteiger partial charge in [-0.3, -0.25) is 9.59 Å². The van der Waals surface area contributed by atoms with Crippen LogP contribution in [0.3, 0.4) is 0 Å². The van der Waals surface area contributed by atoms with Gasteiger partial charge in [0.15, 0.2) is 5.78 Å². The maximum atomic E-state index is 12.5. The molecular formula is C23H23N3O3. The molecule has 2 aromatic carbocycles. The summed E-state index contributed by atoms with van der Waals surface area (Å²) in [5.41, 5.74) is 2.98. The monoisotopic (exact) mass is 389 g/mol. The first kappa shape index (κ1) is 20.1. The highest BCUT2D eigenvalue weighted by Crippen LogP contribution is 2.17. The van der Waals surface area contributed by atoms with Gasteiger partial charge in [-0.15, -0.1) is 0 Å². The molecule has 29 heavy (non-hydrogen) atoms. The summed E-state index contributed by atoms with van der Waals surface area (Å²) in [7, 11) is 1.63. The molecule has 0 saturated heterocycles. The number of amides is 1. The lowest BCUT2D eigenvalue weighted by Crippen LogP contribution is -2.25. The van der Waals surface area contributed by atoms with Gasteiger partial charge >= 0.3 is 0 Å². The first-order chi connectivity index (χ1) is 14.0. The van der Waals surface area contributed by atoms with Gasteiger partial charge in [0.25, 0.3) is 5.91 Å². The molecule has 0 aliphatic rings. The molecule has 0 fully saturated rings. The quantitative estimate of drug-likeness (QED) is 0.569. The number of carbonyl (C=O) groups excluding carboxylic acids is 2. The Balaban J connectivity index is 1.58. The maximum absolute atomic E-state index is 12.5. The number of aromatic nitrogens is 1. The number of Topliss-reactive ketones (excluding diaryl/α,β-unsaturated/α-hetero) is 1. The Morgan fingerprint density at radius 3 is 2.52 bits per heavy atom. The highest BCUT2D eigenvalue weighted by atomic mass is 16.5. The molecule has 0 atom stereocenters. The Morgan fingerprint density at radius 2 is 1.79 bits per heavy atom. The van der Waals surface area contributed by atoms with E-state index in [1.165, 1.54) is 6.92 Å². The zero-order valence-electron chi connectivity index (χ0n) is 16.4. The van der Waals surface area contributed by atoms with E-state index in [0.29, 0.717) is 23.5 Å². The number of pyridine rings is 1. The molecule has 0 bridgehead atoms. The van der Waals surface area contributed by atoms with Crippen molar-refractivity contribution in [3.05, 3.63) is 83.6 Å².